The number of benzene rings is 1. The van der Waals surface area contributed by atoms with Crippen LogP contribution in [0.1, 0.15) is 53.3 Å². The van der Waals surface area contributed by atoms with Gasteiger partial charge in [0, 0.05) is 13.1 Å². The van der Waals surface area contributed by atoms with Crippen LogP contribution in [0, 0.1) is 0 Å². The summed E-state index contributed by atoms with van der Waals surface area (Å²) in [7, 11) is 0. The number of unbranched alkanes of at least 4 members (excludes halogenated alkanes) is 2. The molecule has 0 saturated carbocycles. The standard InChI is InChI=1S/C17H22N2O4/c1-2-3-12-23-17(22)18-10-6-7-11-19-15(20)13-8-4-5-9-14(13)16(19)21/h4-5,8-9H,2-3,6-7,10-12H2,1H3,(H,18,22). The quantitative estimate of drug-likeness (QED) is 0.590. The Labute approximate surface area is 135 Å². The lowest BCUT2D eigenvalue weighted by atomic mass is 10.1. The van der Waals surface area contributed by atoms with Crippen LogP contribution in [0.2, 0.25) is 0 Å². The molecule has 124 valence electrons. The van der Waals surface area contributed by atoms with Crippen LogP contribution in [0.5, 0.6) is 0 Å². The number of amides is 3. The lowest BCUT2D eigenvalue weighted by Gasteiger charge is -2.13. The molecule has 1 aromatic carbocycles. The number of carbonyl (C=O) groups is 3. The average molecular weight is 318 g/mol. The molecule has 1 aliphatic rings. The molecule has 0 atom stereocenters. The van der Waals surface area contributed by atoms with Crippen LogP contribution < -0.4 is 5.32 Å². The molecule has 1 aliphatic heterocycles. The van der Waals surface area contributed by atoms with E-state index in [9.17, 15) is 14.4 Å². The van der Waals surface area contributed by atoms with Gasteiger partial charge in [-0.25, -0.2) is 4.79 Å². The van der Waals surface area contributed by atoms with Gasteiger partial charge in [-0.05, 0) is 31.4 Å². The summed E-state index contributed by atoms with van der Waals surface area (Å²) in [6.07, 6.45) is 2.73. The van der Waals surface area contributed by atoms with Gasteiger partial charge in [-0.15, -0.1) is 0 Å². The van der Waals surface area contributed by atoms with Gasteiger partial charge in [-0.3, -0.25) is 14.5 Å². The zero-order valence-electron chi connectivity index (χ0n) is 13.3. The van der Waals surface area contributed by atoms with Gasteiger partial charge in [0.1, 0.15) is 0 Å². The van der Waals surface area contributed by atoms with Gasteiger partial charge in [-0.1, -0.05) is 25.5 Å². The van der Waals surface area contributed by atoms with E-state index < -0.39 is 6.09 Å². The Kier molecular flexibility index (Phi) is 6.14. The summed E-state index contributed by atoms with van der Waals surface area (Å²) in [6.45, 7) is 3.28. The van der Waals surface area contributed by atoms with Crippen LogP contribution in [-0.2, 0) is 4.74 Å². The lowest BCUT2D eigenvalue weighted by Crippen LogP contribution is -2.31. The van der Waals surface area contributed by atoms with Gasteiger partial charge in [-0.2, -0.15) is 0 Å². The summed E-state index contributed by atoms with van der Waals surface area (Å²) in [4.78, 5) is 36.9. The predicted octanol–water partition coefficient (Wildman–Crippen LogP) is 2.59. The highest BCUT2D eigenvalue weighted by Crippen LogP contribution is 2.22. The second-order valence-corrected chi connectivity index (χ2v) is 5.43. The molecule has 1 heterocycles. The molecule has 0 fully saturated rings. The van der Waals surface area contributed by atoms with Crippen LogP contribution in [0.25, 0.3) is 0 Å². The molecule has 0 bridgehead atoms. The number of hydrogen-bond donors (Lipinski definition) is 1. The molecule has 0 spiro atoms. The normalized spacial score (nSPS) is 13.2. The van der Waals surface area contributed by atoms with Crippen LogP contribution in [0.15, 0.2) is 24.3 Å². The topological polar surface area (TPSA) is 75.7 Å². The van der Waals surface area contributed by atoms with E-state index in [1.54, 1.807) is 24.3 Å². The average Bonchev–Trinajstić information content (AvgIpc) is 2.80. The van der Waals surface area contributed by atoms with Gasteiger partial charge in [0.05, 0.1) is 17.7 Å². The number of nitrogens with zero attached hydrogens (tertiary/aromatic N) is 1. The fraction of sp³-hybridized carbons (Fsp3) is 0.471. The molecule has 0 radical (unpaired) electrons. The molecule has 3 amide bonds. The van der Waals surface area contributed by atoms with Gasteiger partial charge in [0.2, 0.25) is 0 Å². The van der Waals surface area contributed by atoms with Crippen LogP contribution in [0.4, 0.5) is 4.79 Å². The fourth-order valence-corrected chi connectivity index (χ4v) is 2.39. The zero-order valence-corrected chi connectivity index (χ0v) is 13.3. The van der Waals surface area contributed by atoms with E-state index in [-0.39, 0.29) is 11.8 Å². The molecular weight excluding hydrogens is 296 g/mol. The first-order valence-corrected chi connectivity index (χ1v) is 8.01. The van der Waals surface area contributed by atoms with Crippen molar-refractivity contribution < 1.29 is 19.1 Å². The minimum absolute atomic E-state index is 0.238. The highest BCUT2D eigenvalue weighted by molar-refractivity contribution is 6.21. The fourth-order valence-electron chi connectivity index (χ4n) is 2.39. The van der Waals surface area contributed by atoms with Crippen molar-refractivity contribution in [1.82, 2.24) is 10.2 Å². The Morgan fingerprint density at radius 2 is 1.74 bits per heavy atom. The third kappa shape index (κ3) is 4.31. The molecule has 0 aromatic heterocycles. The maximum Gasteiger partial charge on any atom is 0.407 e. The summed E-state index contributed by atoms with van der Waals surface area (Å²) in [5.74, 6) is -0.477. The van der Waals surface area contributed by atoms with E-state index in [1.165, 1.54) is 4.90 Å². The van der Waals surface area contributed by atoms with E-state index in [2.05, 4.69) is 5.32 Å². The Balaban J connectivity index is 1.67. The first-order valence-electron chi connectivity index (χ1n) is 8.01. The van der Waals surface area contributed by atoms with E-state index >= 15 is 0 Å². The van der Waals surface area contributed by atoms with E-state index in [0.717, 1.165) is 12.8 Å². The number of rotatable bonds is 8. The van der Waals surface area contributed by atoms with Crippen molar-refractivity contribution in [1.29, 1.82) is 0 Å². The van der Waals surface area contributed by atoms with Gasteiger partial charge in [0.15, 0.2) is 0 Å². The highest BCUT2D eigenvalue weighted by atomic mass is 16.5. The first-order chi connectivity index (χ1) is 11.1. The van der Waals surface area contributed by atoms with Gasteiger partial charge in [0.25, 0.3) is 11.8 Å². The molecule has 23 heavy (non-hydrogen) atoms. The second-order valence-electron chi connectivity index (χ2n) is 5.43. The van der Waals surface area contributed by atoms with Crippen LogP contribution >= 0.6 is 0 Å². The van der Waals surface area contributed by atoms with E-state index in [0.29, 0.717) is 43.7 Å². The minimum atomic E-state index is -0.417. The Morgan fingerprint density at radius 3 is 2.35 bits per heavy atom. The van der Waals surface area contributed by atoms with Gasteiger partial charge < -0.3 is 10.1 Å². The van der Waals surface area contributed by atoms with Crippen molar-refractivity contribution in [2.45, 2.75) is 32.6 Å². The molecule has 1 aromatic rings. The summed E-state index contributed by atoms with van der Waals surface area (Å²) < 4.78 is 4.97. The number of hydrogen-bond acceptors (Lipinski definition) is 4. The SMILES string of the molecule is CCCCOC(=O)NCCCCN1C(=O)c2ccccc2C1=O. The highest BCUT2D eigenvalue weighted by Gasteiger charge is 2.34. The number of carbonyl (C=O) groups excluding carboxylic acids is 3. The van der Waals surface area contributed by atoms with E-state index in [4.69, 9.17) is 4.74 Å². The smallest absolute Gasteiger partial charge is 0.407 e. The first kappa shape index (κ1) is 17.0. The molecule has 0 aliphatic carbocycles. The van der Waals surface area contributed by atoms with E-state index in [1.807, 2.05) is 6.92 Å². The Hall–Kier alpha value is -2.37. The molecule has 6 heteroatoms. The summed E-state index contributed by atoms with van der Waals surface area (Å²) >= 11 is 0. The van der Waals surface area contributed by atoms with Crippen LogP contribution in [0.3, 0.4) is 0 Å². The van der Waals surface area contributed by atoms with Gasteiger partial charge >= 0.3 is 6.09 Å². The molecule has 1 N–H and O–H groups in total. The zero-order chi connectivity index (χ0) is 16.7. The van der Waals surface area contributed by atoms with Crippen molar-refractivity contribution in [3.05, 3.63) is 35.4 Å². The third-order valence-electron chi connectivity index (χ3n) is 3.69. The minimum Gasteiger partial charge on any atom is -0.450 e. The Morgan fingerprint density at radius 1 is 1.09 bits per heavy atom. The maximum absolute atomic E-state index is 12.1. The Bertz CT molecular complexity index is 551. The number of nitrogens with one attached hydrogen (secondary N) is 1. The van der Waals surface area contributed by atoms with Crippen molar-refractivity contribution in [2.24, 2.45) is 0 Å². The van der Waals surface area contributed by atoms with Crippen LogP contribution in [-0.4, -0.2) is 42.5 Å². The monoisotopic (exact) mass is 318 g/mol. The van der Waals surface area contributed by atoms with Crippen molar-refractivity contribution in [3.8, 4) is 0 Å². The summed E-state index contributed by atoms with van der Waals surface area (Å²) in [5.41, 5.74) is 0.935. The second kappa shape index (κ2) is 8.31. The maximum atomic E-state index is 12.1. The van der Waals surface area contributed by atoms with Crippen molar-refractivity contribution in [3.63, 3.8) is 0 Å². The molecule has 0 unspecified atom stereocenters. The van der Waals surface area contributed by atoms with Crippen molar-refractivity contribution >= 4 is 17.9 Å². The molecule has 6 nitrogen and oxygen atoms in total. The van der Waals surface area contributed by atoms with Crippen molar-refractivity contribution in [2.75, 3.05) is 19.7 Å². The lowest BCUT2D eigenvalue weighted by molar-refractivity contribution is 0.0651. The summed E-state index contributed by atoms with van der Waals surface area (Å²) in [5, 5.41) is 2.66. The number of alkyl carbamates (subject to hydrolysis) is 1. The molecule has 2 rings (SSSR count). The number of imide groups is 1. The third-order valence-corrected chi connectivity index (χ3v) is 3.69. The summed E-state index contributed by atoms with van der Waals surface area (Å²) in [6, 6.07) is 6.84. The molecular formula is C17H22N2O4. The number of fused-ring (bicyclic) bond motifs is 1. The largest absolute Gasteiger partial charge is 0.450 e. The predicted molar refractivity (Wildman–Crippen MR) is 85.3 cm³/mol. The number of ether oxygens (including phenoxy) is 1. The molecule has 0 saturated heterocycles.